The highest BCUT2D eigenvalue weighted by atomic mass is 16.3. The molecular formula is C16H26N4O2. The first-order valence-corrected chi connectivity index (χ1v) is 7.48. The van der Waals surface area contributed by atoms with Crippen LogP contribution in [0.4, 0.5) is 0 Å². The average molecular weight is 306 g/mol. The Morgan fingerprint density at radius 1 is 1.00 bits per heavy atom. The van der Waals surface area contributed by atoms with E-state index in [1.807, 2.05) is 26.1 Å². The van der Waals surface area contributed by atoms with Crippen molar-refractivity contribution in [3.63, 3.8) is 0 Å². The number of hydrogen-bond acceptors (Lipinski definition) is 4. The molecule has 6 heteroatoms. The molecule has 0 aliphatic carbocycles. The molecule has 2 aromatic heterocycles. The first-order chi connectivity index (χ1) is 9.94. The summed E-state index contributed by atoms with van der Waals surface area (Å²) >= 11 is 0. The monoisotopic (exact) mass is 306 g/mol. The normalized spacial score (nSPS) is 12.9. The minimum atomic E-state index is -0.850. The summed E-state index contributed by atoms with van der Waals surface area (Å²) < 4.78 is 3.54. The molecule has 0 saturated carbocycles. The second-order valence-corrected chi connectivity index (χ2v) is 7.31. The van der Waals surface area contributed by atoms with Crippen LogP contribution in [0.5, 0.6) is 0 Å². The lowest BCUT2D eigenvalue weighted by molar-refractivity contribution is 0.0578. The summed E-state index contributed by atoms with van der Waals surface area (Å²) in [5, 5.41) is 29.0. The summed E-state index contributed by atoms with van der Waals surface area (Å²) in [6, 6.07) is 1.97. The Bertz CT molecular complexity index is 657. The first kappa shape index (κ1) is 16.7. The lowest BCUT2D eigenvalue weighted by Gasteiger charge is -2.18. The quantitative estimate of drug-likeness (QED) is 0.884. The summed E-state index contributed by atoms with van der Waals surface area (Å²) in [5.74, 6) is 0. The van der Waals surface area contributed by atoms with Gasteiger partial charge in [0.15, 0.2) is 0 Å². The molecule has 2 N–H and O–H groups in total. The van der Waals surface area contributed by atoms with Crippen LogP contribution in [0.1, 0.15) is 39.0 Å². The van der Waals surface area contributed by atoms with Gasteiger partial charge in [0.1, 0.15) is 5.69 Å². The number of hydrogen-bond donors (Lipinski definition) is 2. The van der Waals surface area contributed by atoms with Crippen LogP contribution in [0, 0.1) is 13.8 Å². The zero-order chi connectivity index (χ0) is 16.7. The van der Waals surface area contributed by atoms with Gasteiger partial charge in [0.2, 0.25) is 0 Å². The number of aliphatic hydroxyl groups is 2. The van der Waals surface area contributed by atoms with Gasteiger partial charge in [-0.05, 0) is 53.2 Å². The summed E-state index contributed by atoms with van der Waals surface area (Å²) in [5.41, 5.74) is 1.94. The van der Waals surface area contributed by atoms with Crippen molar-refractivity contribution in [1.82, 2.24) is 19.6 Å². The molecule has 0 aliphatic rings. The van der Waals surface area contributed by atoms with Gasteiger partial charge in [0, 0.05) is 6.20 Å². The fraction of sp³-hybridized carbons (Fsp3) is 0.625. The van der Waals surface area contributed by atoms with Crippen molar-refractivity contribution in [1.29, 1.82) is 0 Å². The van der Waals surface area contributed by atoms with Crippen LogP contribution < -0.4 is 0 Å². The van der Waals surface area contributed by atoms with Crippen LogP contribution in [0.25, 0.3) is 11.4 Å². The van der Waals surface area contributed by atoms with Crippen LogP contribution in [0.15, 0.2) is 12.3 Å². The van der Waals surface area contributed by atoms with E-state index in [2.05, 4.69) is 10.2 Å². The maximum absolute atomic E-state index is 10.1. The predicted molar refractivity (Wildman–Crippen MR) is 85.5 cm³/mol. The number of aryl methyl sites for hydroxylation is 2. The molecule has 122 valence electrons. The van der Waals surface area contributed by atoms with Gasteiger partial charge in [-0.25, -0.2) is 0 Å². The first-order valence-electron chi connectivity index (χ1n) is 7.48. The third-order valence-electron chi connectivity index (χ3n) is 3.18. The van der Waals surface area contributed by atoms with Gasteiger partial charge in [-0.15, -0.1) is 0 Å². The van der Waals surface area contributed by atoms with Gasteiger partial charge < -0.3 is 10.2 Å². The molecule has 2 heterocycles. The van der Waals surface area contributed by atoms with Crippen molar-refractivity contribution in [2.24, 2.45) is 0 Å². The molecule has 0 radical (unpaired) electrons. The largest absolute Gasteiger partial charge is 0.389 e. The van der Waals surface area contributed by atoms with Crippen molar-refractivity contribution in [3.8, 4) is 11.4 Å². The molecule has 2 aromatic rings. The number of nitrogens with zero attached hydrogens (tertiary/aromatic N) is 4. The maximum atomic E-state index is 10.1. The summed E-state index contributed by atoms with van der Waals surface area (Å²) in [6.45, 7) is 11.8. The SMILES string of the molecule is Cc1cc(-c2nn(CC(C)(C)O)cc2C)n(CC(C)(C)O)n1. The van der Waals surface area contributed by atoms with Crippen molar-refractivity contribution in [3.05, 3.63) is 23.5 Å². The third kappa shape index (κ3) is 4.18. The lowest BCUT2D eigenvalue weighted by atomic mass is 10.1. The van der Waals surface area contributed by atoms with Crippen LogP contribution in [-0.4, -0.2) is 41.0 Å². The highest BCUT2D eigenvalue weighted by molar-refractivity contribution is 5.59. The highest BCUT2D eigenvalue weighted by Gasteiger charge is 2.21. The maximum Gasteiger partial charge on any atom is 0.113 e. The second-order valence-electron chi connectivity index (χ2n) is 7.31. The molecule has 0 aromatic carbocycles. The fourth-order valence-corrected chi connectivity index (χ4v) is 2.47. The molecule has 0 aliphatic heterocycles. The van der Waals surface area contributed by atoms with E-state index in [9.17, 15) is 10.2 Å². The Balaban J connectivity index is 2.40. The van der Waals surface area contributed by atoms with E-state index in [1.54, 1.807) is 37.1 Å². The Morgan fingerprint density at radius 3 is 2.14 bits per heavy atom. The minimum absolute atomic E-state index is 0.397. The van der Waals surface area contributed by atoms with Crippen molar-refractivity contribution in [2.75, 3.05) is 0 Å². The van der Waals surface area contributed by atoms with E-state index in [4.69, 9.17) is 0 Å². The van der Waals surface area contributed by atoms with Crippen molar-refractivity contribution in [2.45, 2.75) is 65.8 Å². The standard InChI is InChI=1S/C16H26N4O2/c1-11-8-19(9-15(3,4)21)18-14(11)13-7-12(2)17-20(13)10-16(5,6)22/h7-8,21-22H,9-10H2,1-6H3. The molecule has 6 nitrogen and oxygen atoms in total. The Morgan fingerprint density at radius 2 is 1.59 bits per heavy atom. The number of rotatable bonds is 5. The predicted octanol–water partition coefficient (Wildman–Crippen LogP) is 1.91. The molecule has 0 bridgehead atoms. The Labute approximate surface area is 131 Å². The Kier molecular flexibility index (Phi) is 4.19. The van der Waals surface area contributed by atoms with Gasteiger partial charge in [-0.2, -0.15) is 10.2 Å². The zero-order valence-electron chi connectivity index (χ0n) is 14.3. The Hall–Kier alpha value is -1.66. The summed E-state index contributed by atoms with van der Waals surface area (Å²) in [4.78, 5) is 0. The van der Waals surface area contributed by atoms with Crippen molar-refractivity contribution >= 4 is 0 Å². The van der Waals surface area contributed by atoms with Gasteiger partial charge in [-0.1, -0.05) is 0 Å². The molecule has 0 atom stereocenters. The molecule has 0 unspecified atom stereocenters. The smallest absolute Gasteiger partial charge is 0.113 e. The lowest BCUT2D eigenvalue weighted by Crippen LogP contribution is -2.27. The fourth-order valence-electron chi connectivity index (χ4n) is 2.47. The van der Waals surface area contributed by atoms with Gasteiger partial charge in [0.25, 0.3) is 0 Å². The third-order valence-corrected chi connectivity index (χ3v) is 3.18. The van der Waals surface area contributed by atoms with E-state index in [0.29, 0.717) is 13.1 Å². The molecule has 2 rings (SSSR count). The second kappa shape index (κ2) is 5.52. The summed E-state index contributed by atoms with van der Waals surface area (Å²) in [6.07, 6.45) is 1.92. The van der Waals surface area contributed by atoms with Crippen LogP contribution in [0.2, 0.25) is 0 Å². The van der Waals surface area contributed by atoms with Crippen LogP contribution >= 0.6 is 0 Å². The van der Waals surface area contributed by atoms with Crippen molar-refractivity contribution < 1.29 is 10.2 Å². The molecule has 22 heavy (non-hydrogen) atoms. The number of aromatic nitrogens is 4. The van der Waals surface area contributed by atoms with Gasteiger partial charge >= 0.3 is 0 Å². The van der Waals surface area contributed by atoms with Crippen LogP contribution in [0.3, 0.4) is 0 Å². The summed E-state index contributed by atoms with van der Waals surface area (Å²) in [7, 11) is 0. The zero-order valence-corrected chi connectivity index (χ0v) is 14.3. The topological polar surface area (TPSA) is 76.1 Å². The van der Waals surface area contributed by atoms with E-state index < -0.39 is 11.2 Å². The molecular weight excluding hydrogens is 280 g/mol. The average Bonchev–Trinajstić information content (AvgIpc) is 2.77. The molecule has 0 saturated heterocycles. The van der Waals surface area contributed by atoms with Crippen LogP contribution in [-0.2, 0) is 13.1 Å². The molecule has 0 amide bonds. The van der Waals surface area contributed by atoms with Gasteiger partial charge in [-0.3, -0.25) is 9.36 Å². The minimum Gasteiger partial charge on any atom is -0.389 e. The molecule has 0 fully saturated rings. The highest BCUT2D eigenvalue weighted by Crippen LogP contribution is 2.24. The van der Waals surface area contributed by atoms with Gasteiger partial charge in [0.05, 0.1) is 35.7 Å². The molecule has 0 spiro atoms. The van der Waals surface area contributed by atoms with E-state index in [1.165, 1.54) is 0 Å². The van der Waals surface area contributed by atoms with E-state index in [-0.39, 0.29) is 0 Å². The van der Waals surface area contributed by atoms with E-state index in [0.717, 1.165) is 22.6 Å². The van der Waals surface area contributed by atoms with E-state index >= 15 is 0 Å².